The molecule has 3 heterocycles. The van der Waals surface area contributed by atoms with E-state index in [4.69, 9.17) is 0 Å². The van der Waals surface area contributed by atoms with Crippen LogP contribution in [0.3, 0.4) is 0 Å². The Bertz CT molecular complexity index is 1210. The molecule has 1 aromatic carbocycles. The summed E-state index contributed by atoms with van der Waals surface area (Å²) in [6.45, 7) is 3.11. The van der Waals surface area contributed by atoms with Gasteiger partial charge in [0.2, 0.25) is 5.91 Å². The zero-order chi connectivity index (χ0) is 24.7. The monoisotopic (exact) mass is 506 g/mol. The molecule has 1 aliphatic carbocycles. The summed E-state index contributed by atoms with van der Waals surface area (Å²) in [5.74, 6) is 0.438. The third-order valence-electron chi connectivity index (χ3n) is 6.91. The molecular formula is C24H29F3N6OS. The summed E-state index contributed by atoms with van der Waals surface area (Å²) in [5, 5.41) is 16.4. The molecule has 7 nitrogen and oxygen atoms in total. The minimum absolute atomic E-state index is 0.00921. The Morgan fingerprint density at radius 3 is 2.66 bits per heavy atom. The van der Waals surface area contributed by atoms with E-state index in [2.05, 4.69) is 32.8 Å². The molecule has 2 atom stereocenters. The first-order valence-electron chi connectivity index (χ1n) is 11.9. The predicted molar refractivity (Wildman–Crippen MR) is 130 cm³/mol. The van der Waals surface area contributed by atoms with Gasteiger partial charge < -0.3 is 20.1 Å². The molecule has 188 valence electrons. The lowest BCUT2D eigenvalue weighted by molar-refractivity contribution is -0.139. The largest absolute Gasteiger partial charge is 0.406 e. The maximum absolute atomic E-state index is 13.6. The number of anilines is 1. The maximum atomic E-state index is 13.6. The van der Waals surface area contributed by atoms with Crippen LogP contribution in [0.2, 0.25) is 0 Å². The number of benzene rings is 1. The van der Waals surface area contributed by atoms with Crippen LogP contribution in [0.5, 0.6) is 0 Å². The highest BCUT2D eigenvalue weighted by Crippen LogP contribution is 2.38. The summed E-state index contributed by atoms with van der Waals surface area (Å²) in [7, 11) is 2.09. The fourth-order valence-electron chi connectivity index (χ4n) is 4.72. The predicted octanol–water partition coefficient (Wildman–Crippen LogP) is 4.50. The molecule has 0 bridgehead atoms. The Kier molecular flexibility index (Phi) is 6.47. The van der Waals surface area contributed by atoms with Gasteiger partial charge in [0.05, 0.1) is 17.8 Å². The smallest absolute Gasteiger partial charge is 0.382 e. The molecule has 1 aliphatic heterocycles. The Labute approximate surface area is 205 Å². The van der Waals surface area contributed by atoms with Gasteiger partial charge >= 0.3 is 6.18 Å². The molecule has 2 N–H and O–H groups in total. The van der Waals surface area contributed by atoms with E-state index in [-0.39, 0.29) is 24.4 Å². The lowest BCUT2D eigenvalue weighted by Crippen LogP contribution is -2.36. The zero-order valence-electron chi connectivity index (χ0n) is 19.7. The molecule has 1 amide bonds. The average molecular weight is 507 g/mol. The Morgan fingerprint density at radius 2 is 1.97 bits per heavy atom. The van der Waals surface area contributed by atoms with Crippen molar-refractivity contribution in [1.82, 2.24) is 25.0 Å². The Hall–Kier alpha value is -2.66. The summed E-state index contributed by atoms with van der Waals surface area (Å²) in [4.78, 5) is 14.4. The summed E-state index contributed by atoms with van der Waals surface area (Å²) in [6.07, 6.45) is -1.54. The van der Waals surface area contributed by atoms with Crippen molar-refractivity contribution < 1.29 is 18.0 Å². The number of alkyl halides is 3. The van der Waals surface area contributed by atoms with Crippen molar-refractivity contribution in [1.29, 1.82) is 0 Å². The number of nitrogens with one attached hydrogen (secondary N) is 2. The number of carbonyl (C=O) groups is 1. The van der Waals surface area contributed by atoms with Crippen molar-refractivity contribution in [2.75, 3.05) is 25.5 Å². The van der Waals surface area contributed by atoms with Crippen LogP contribution in [0.1, 0.15) is 31.2 Å². The minimum atomic E-state index is -4.39. The van der Waals surface area contributed by atoms with Crippen LogP contribution in [0.4, 0.5) is 18.9 Å². The van der Waals surface area contributed by atoms with Gasteiger partial charge in [0.25, 0.3) is 0 Å². The van der Waals surface area contributed by atoms with Gasteiger partial charge in [0, 0.05) is 23.0 Å². The van der Waals surface area contributed by atoms with E-state index in [1.807, 2.05) is 13.0 Å². The van der Waals surface area contributed by atoms with Gasteiger partial charge in [0.1, 0.15) is 11.6 Å². The van der Waals surface area contributed by atoms with Gasteiger partial charge in [0.15, 0.2) is 5.01 Å². The maximum Gasteiger partial charge on any atom is 0.406 e. The van der Waals surface area contributed by atoms with Crippen LogP contribution in [0.25, 0.3) is 21.6 Å². The van der Waals surface area contributed by atoms with Crippen molar-refractivity contribution in [3.05, 3.63) is 29.3 Å². The van der Waals surface area contributed by atoms with E-state index >= 15 is 0 Å². The number of halogens is 3. The number of aromatic nitrogens is 3. The van der Waals surface area contributed by atoms with Crippen LogP contribution in [-0.2, 0) is 17.9 Å². The number of amides is 1. The number of fused-ring (bicyclic) bond motifs is 1. The average Bonchev–Trinajstić information content (AvgIpc) is 3.20. The molecule has 35 heavy (non-hydrogen) atoms. The van der Waals surface area contributed by atoms with Crippen LogP contribution in [0, 0.1) is 11.8 Å². The first kappa shape index (κ1) is 24.1. The Balaban J connectivity index is 1.43. The van der Waals surface area contributed by atoms with E-state index in [9.17, 15) is 18.0 Å². The molecular weight excluding hydrogens is 477 g/mol. The number of likely N-dealkylation sites (tertiary alicyclic amines) is 1. The van der Waals surface area contributed by atoms with Crippen molar-refractivity contribution in [2.24, 2.45) is 11.8 Å². The summed E-state index contributed by atoms with van der Waals surface area (Å²) in [6, 6.07) is 7.46. The van der Waals surface area contributed by atoms with E-state index < -0.39 is 12.7 Å². The number of carbonyl (C=O) groups excluding carboxylic acids is 1. The highest BCUT2D eigenvalue weighted by Gasteiger charge is 2.39. The number of hydrogen-bond donors (Lipinski definition) is 2. The lowest BCUT2D eigenvalue weighted by Gasteiger charge is -2.30. The van der Waals surface area contributed by atoms with Gasteiger partial charge in [-0.05, 0) is 63.5 Å². The van der Waals surface area contributed by atoms with Crippen molar-refractivity contribution >= 4 is 33.8 Å². The number of rotatable bonds is 7. The second kappa shape index (κ2) is 9.42. The van der Waals surface area contributed by atoms with E-state index in [0.717, 1.165) is 43.4 Å². The molecule has 1 saturated carbocycles. The number of hydrogen-bond acceptors (Lipinski definition) is 6. The third-order valence-corrected chi connectivity index (χ3v) is 7.85. The van der Waals surface area contributed by atoms with Gasteiger partial charge in [-0.3, -0.25) is 4.79 Å². The second-order valence-electron chi connectivity index (χ2n) is 9.73. The first-order valence-corrected chi connectivity index (χ1v) is 12.7. The minimum Gasteiger partial charge on any atom is -0.382 e. The number of piperidine rings is 1. The van der Waals surface area contributed by atoms with Gasteiger partial charge in [-0.25, -0.2) is 0 Å². The molecule has 3 aromatic rings. The molecule has 11 heteroatoms. The van der Waals surface area contributed by atoms with Gasteiger partial charge in [-0.15, -0.1) is 10.2 Å². The quantitative estimate of drug-likeness (QED) is 0.494. The fourth-order valence-corrected chi connectivity index (χ4v) is 5.52. The summed E-state index contributed by atoms with van der Waals surface area (Å²) in [5.41, 5.74) is 1.71. The normalized spacial score (nSPS) is 21.4. The summed E-state index contributed by atoms with van der Waals surface area (Å²) >= 11 is 1.21. The molecule has 1 saturated heterocycles. The van der Waals surface area contributed by atoms with Crippen LogP contribution in [-0.4, -0.2) is 57.9 Å². The molecule has 2 aliphatic rings. The molecule has 0 radical (unpaired) electrons. The third kappa shape index (κ3) is 5.45. The van der Waals surface area contributed by atoms with Crippen LogP contribution >= 0.6 is 11.3 Å². The second-order valence-corrected chi connectivity index (χ2v) is 10.8. The molecule has 5 rings (SSSR count). The zero-order valence-corrected chi connectivity index (χ0v) is 20.5. The Morgan fingerprint density at radius 1 is 1.23 bits per heavy atom. The SMILES string of the molecule is C[C@H]1C[C@H]1C(=O)NCc1nnc(-c2cc3c(NC4CCN(C)CC4)cccc3n2CC(F)(F)F)s1. The van der Waals surface area contributed by atoms with Crippen molar-refractivity contribution in [3.8, 4) is 10.7 Å². The topological polar surface area (TPSA) is 75.1 Å². The highest BCUT2D eigenvalue weighted by molar-refractivity contribution is 7.14. The molecule has 2 aromatic heterocycles. The molecule has 0 unspecified atom stereocenters. The van der Waals surface area contributed by atoms with Crippen LogP contribution < -0.4 is 10.6 Å². The van der Waals surface area contributed by atoms with Crippen LogP contribution in [0.15, 0.2) is 24.3 Å². The van der Waals surface area contributed by atoms with E-state index in [0.29, 0.717) is 27.1 Å². The van der Waals surface area contributed by atoms with E-state index in [1.54, 1.807) is 18.2 Å². The van der Waals surface area contributed by atoms with Gasteiger partial charge in [-0.2, -0.15) is 13.2 Å². The highest BCUT2D eigenvalue weighted by atomic mass is 32.1. The van der Waals surface area contributed by atoms with Crippen molar-refractivity contribution in [3.63, 3.8) is 0 Å². The lowest BCUT2D eigenvalue weighted by atomic mass is 10.0. The molecule has 2 fully saturated rings. The first-order chi connectivity index (χ1) is 16.7. The van der Waals surface area contributed by atoms with Gasteiger partial charge in [-0.1, -0.05) is 24.3 Å². The number of nitrogens with zero attached hydrogens (tertiary/aromatic N) is 4. The molecule has 0 spiro atoms. The summed E-state index contributed by atoms with van der Waals surface area (Å²) < 4.78 is 41.9. The van der Waals surface area contributed by atoms with E-state index in [1.165, 1.54) is 15.9 Å². The standard InChI is InChI=1S/C24H29F3N6OS/c1-14-10-16(14)22(34)28-12-21-30-31-23(35-21)20-11-17-18(29-15-6-8-32(2)9-7-15)4-3-5-19(17)33(20)13-24(25,26)27/h3-5,11,14-16,29H,6-10,12-13H2,1-2H3,(H,28,34)/t14-,16+/m0/s1. The van der Waals surface area contributed by atoms with Crippen molar-refractivity contribution in [2.45, 2.75) is 51.5 Å². The fraction of sp³-hybridized carbons (Fsp3) is 0.542.